The monoisotopic (exact) mass is 367 g/mol. The quantitative estimate of drug-likeness (QED) is 0.830. The number of aryl methyl sites for hydroxylation is 1. The average Bonchev–Trinajstić information content (AvgIpc) is 2.88. The first-order valence-electron chi connectivity index (χ1n) is 6.29. The van der Waals surface area contributed by atoms with Crippen LogP contribution < -0.4 is 5.32 Å². The fraction of sp³-hybridized carbons (Fsp3) is 0.200. The van der Waals surface area contributed by atoms with Gasteiger partial charge in [0.25, 0.3) is 5.91 Å². The summed E-state index contributed by atoms with van der Waals surface area (Å²) < 4.78 is 6.08. The predicted octanol–water partition coefficient (Wildman–Crippen LogP) is 4.00. The molecule has 6 heteroatoms. The second-order valence-corrected chi connectivity index (χ2v) is 6.66. The third-order valence-corrected chi connectivity index (χ3v) is 4.22. The third-order valence-electron chi connectivity index (χ3n) is 2.71. The van der Waals surface area contributed by atoms with Crippen molar-refractivity contribution in [3.05, 3.63) is 50.6 Å². The number of hydrogen-bond donors (Lipinski definition) is 1. The minimum Gasteiger partial charge on any atom is -0.448 e. The molecule has 1 heterocycles. The van der Waals surface area contributed by atoms with E-state index in [2.05, 4.69) is 21.2 Å². The number of carbonyl (C=O) groups excluding carboxylic acids is 2. The van der Waals surface area contributed by atoms with Gasteiger partial charge in [-0.2, -0.15) is 0 Å². The highest BCUT2D eigenvalue weighted by molar-refractivity contribution is 9.10. The summed E-state index contributed by atoms with van der Waals surface area (Å²) in [4.78, 5) is 25.4. The number of hydrogen-bond acceptors (Lipinski definition) is 4. The lowest BCUT2D eigenvalue weighted by atomic mass is 10.3. The molecule has 0 aliphatic heterocycles. The van der Waals surface area contributed by atoms with Gasteiger partial charge < -0.3 is 10.1 Å². The summed E-state index contributed by atoms with van der Waals surface area (Å²) in [5.74, 6) is -0.842. The van der Waals surface area contributed by atoms with Crippen molar-refractivity contribution in [2.24, 2.45) is 0 Å². The molecule has 0 saturated carbocycles. The van der Waals surface area contributed by atoms with Gasteiger partial charge in [0.1, 0.15) is 4.88 Å². The van der Waals surface area contributed by atoms with Gasteiger partial charge in [-0.1, -0.05) is 15.9 Å². The lowest BCUT2D eigenvalue weighted by Crippen LogP contribution is -2.29. The van der Waals surface area contributed by atoms with Crippen molar-refractivity contribution in [3.63, 3.8) is 0 Å². The second kappa shape index (κ2) is 6.87. The van der Waals surface area contributed by atoms with E-state index in [0.717, 1.165) is 9.35 Å². The molecule has 2 rings (SSSR count). The van der Waals surface area contributed by atoms with Gasteiger partial charge in [-0.3, -0.25) is 4.79 Å². The number of benzene rings is 1. The van der Waals surface area contributed by atoms with E-state index < -0.39 is 12.1 Å². The first-order chi connectivity index (χ1) is 9.95. The van der Waals surface area contributed by atoms with Gasteiger partial charge in [0.05, 0.1) is 0 Å². The van der Waals surface area contributed by atoms with Crippen LogP contribution in [0, 0.1) is 6.92 Å². The number of carbonyl (C=O) groups is 2. The summed E-state index contributed by atoms with van der Waals surface area (Å²) in [5.41, 5.74) is 0.651. The Labute approximate surface area is 135 Å². The Bertz CT molecular complexity index is 651. The molecule has 0 fully saturated rings. The molecule has 0 aliphatic carbocycles. The summed E-state index contributed by atoms with van der Waals surface area (Å²) in [5, 5.41) is 2.70. The van der Waals surface area contributed by atoms with Crippen molar-refractivity contribution < 1.29 is 14.3 Å². The van der Waals surface area contributed by atoms with E-state index in [1.165, 1.54) is 11.3 Å². The minimum absolute atomic E-state index is 0.362. The van der Waals surface area contributed by atoms with E-state index in [0.29, 0.717) is 10.6 Å². The molecule has 1 aromatic carbocycles. The number of anilines is 1. The lowest BCUT2D eigenvalue weighted by molar-refractivity contribution is -0.123. The van der Waals surface area contributed by atoms with Crippen molar-refractivity contribution >= 4 is 44.8 Å². The van der Waals surface area contributed by atoms with Crippen LogP contribution in [0.3, 0.4) is 0 Å². The van der Waals surface area contributed by atoms with Crippen LogP contribution in [0.1, 0.15) is 21.5 Å². The smallest absolute Gasteiger partial charge is 0.349 e. The van der Waals surface area contributed by atoms with Gasteiger partial charge in [-0.25, -0.2) is 4.79 Å². The predicted molar refractivity (Wildman–Crippen MR) is 86.7 cm³/mol. The minimum atomic E-state index is -0.858. The van der Waals surface area contributed by atoms with E-state index in [1.807, 2.05) is 25.1 Å². The van der Waals surface area contributed by atoms with E-state index in [9.17, 15) is 9.59 Å². The second-order valence-electron chi connectivity index (χ2n) is 4.45. The molecule has 0 radical (unpaired) electrons. The van der Waals surface area contributed by atoms with Gasteiger partial charge in [-0.15, -0.1) is 11.3 Å². The number of thiophene rings is 1. The molecule has 0 spiro atoms. The molecule has 110 valence electrons. The highest BCUT2D eigenvalue weighted by atomic mass is 79.9. The summed E-state index contributed by atoms with van der Waals surface area (Å²) in [7, 11) is 0. The van der Waals surface area contributed by atoms with Crippen LogP contribution in [0.25, 0.3) is 0 Å². The first kappa shape index (κ1) is 15.7. The largest absolute Gasteiger partial charge is 0.448 e. The Kier molecular flexibility index (Phi) is 5.14. The van der Waals surface area contributed by atoms with Gasteiger partial charge in [-0.05, 0) is 50.2 Å². The summed E-state index contributed by atoms with van der Waals surface area (Å²) >= 11 is 4.66. The zero-order valence-corrected chi connectivity index (χ0v) is 14.0. The summed E-state index contributed by atoms with van der Waals surface area (Å²) in [6.45, 7) is 3.46. The van der Waals surface area contributed by atoms with E-state index in [-0.39, 0.29) is 5.91 Å². The fourth-order valence-corrected chi connectivity index (χ4v) is 2.61. The van der Waals surface area contributed by atoms with Crippen LogP contribution in [-0.4, -0.2) is 18.0 Å². The van der Waals surface area contributed by atoms with Crippen LogP contribution in [-0.2, 0) is 9.53 Å². The van der Waals surface area contributed by atoms with Crippen molar-refractivity contribution in [1.82, 2.24) is 0 Å². The number of esters is 1. The van der Waals surface area contributed by atoms with E-state index in [4.69, 9.17) is 4.74 Å². The molecular weight excluding hydrogens is 354 g/mol. The van der Waals surface area contributed by atoms with Crippen LogP contribution in [0.15, 0.2) is 40.9 Å². The van der Waals surface area contributed by atoms with Crippen molar-refractivity contribution in [2.75, 3.05) is 5.32 Å². The Morgan fingerprint density at radius 3 is 2.43 bits per heavy atom. The Morgan fingerprint density at radius 2 is 1.86 bits per heavy atom. The Morgan fingerprint density at radius 1 is 1.19 bits per heavy atom. The molecule has 0 aliphatic rings. The van der Waals surface area contributed by atoms with Crippen molar-refractivity contribution in [2.45, 2.75) is 20.0 Å². The molecule has 0 saturated heterocycles. The topological polar surface area (TPSA) is 55.4 Å². The third kappa shape index (κ3) is 4.41. The van der Waals surface area contributed by atoms with Gasteiger partial charge in [0, 0.05) is 15.0 Å². The van der Waals surface area contributed by atoms with Crippen LogP contribution in [0.5, 0.6) is 0 Å². The summed E-state index contributed by atoms with van der Waals surface area (Å²) in [6, 6.07) is 10.7. The molecule has 1 amide bonds. The number of nitrogens with one attached hydrogen (secondary N) is 1. The number of amides is 1. The molecular formula is C15H14BrNO3S. The van der Waals surface area contributed by atoms with Crippen LogP contribution in [0.4, 0.5) is 5.69 Å². The maximum Gasteiger partial charge on any atom is 0.349 e. The standard InChI is InChI=1S/C15H14BrNO3S/c1-9-3-8-13(21-9)15(19)20-10(2)14(18)17-12-6-4-11(16)5-7-12/h3-8,10H,1-2H3,(H,17,18)/t10-/m1/s1. The zero-order chi connectivity index (χ0) is 15.4. The number of halogens is 1. The van der Waals surface area contributed by atoms with Gasteiger partial charge >= 0.3 is 5.97 Å². The van der Waals surface area contributed by atoms with E-state index >= 15 is 0 Å². The number of ether oxygens (including phenoxy) is 1. The summed E-state index contributed by atoms with van der Waals surface area (Å²) in [6.07, 6.45) is -0.858. The van der Waals surface area contributed by atoms with Crippen LogP contribution >= 0.6 is 27.3 Å². The van der Waals surface area contributed by atoms with Crippen molar-refractivity contribution in [3.8, 4) is 0 Å². The fourth-order valence-electron chi connectivity index (χ4n) is 1.59. The highest BCUT2D eigenvalue weighted by Crippen LogP contribution is 2.18. The SMILES string of the molecule is Cc1ccc(C(=O)O[C@H](C)C(=O)Nc2ccc(Br)cc2)s1. The zero-order valence-electron chi connectivity index (χ0n) is 11.6. The van der Waals surface area contributed by atoms with Gasteiger partial charge in [0.2, 0.25) is 0 Å². The Balaban J connectivity index is 1.93. The first-order valence-corrected chi connectivity index (χ1v) is 7.90. The number of rotatable bonds is 4. The van der Waals surface area contributed by atoms with Crippen LogP contribution in [0.2, 0.25) is 0 Å². The highest BCUT2D eigenvalue weighted by Gasteiger charge is 2.19. The maximum atomic E-state index is 12.0. The molecule has 0 unspecified atom stereocenters. The average molecular weight is 368 g/mol. The molecule has 1 N–H and O–H groups in total. The normalized spacial score (nSPS) is 11.8. The van der Waals surface area contributed by atoms with Gasteiger partial charge in [0.15, 0.2) is 6.10 Å². The van der Waals surface area contributed by atoms with E-state index in [1.54, 1.807) is 25.1 Å². The Hall–Kier alpha value is -1.66. The lowest BCUT2D eigenvalue weighted by Gasteiger charge is -2.13. The molecule has 4 nitrogen and oxygen atoms in total. The molecule has 0 bridgehead atoms. The molecule has 1 aromatic heterocycles. The molecule has 1 atom stereocenters. The molecule has 21 heavy (non-hydrogen) atoms. The van der Waals surface area contributed by atoms with Crippen molar-refractivity contribution in [1.29, 1.82) is 0 Å². The maximum absolute atomic E-state index is 12.0. The molecule has 2 aromatic rings.